The predicted octanol–water partition coefficient (Wildman–Crippen LogP) is 3.46. The summed E-state index contributed by atoms with van der Waals surface area (Å²) in [5, 5.41) is 1.32. The van der Waals surface area contributed by atoms with E-state index in [1.54, 1.807) is 0 Å². The molecule has 17 heavy (non-hydrogen) atoms. The first-order valence-corrected chi connectivity index (χ1v) is 6.59. The Morgan fingerprint density at radius 3 is 2.76 bits per heavy atom. The molecule has 1 atom stereocenters. The van der Waals surface area contributed by atoms with Gasteiger partial charge >= 0.3 is 0 Å². The SMILES string of the molecule is CC(N)c1cn(CC2CCC2)c2ccccc12. The standard InChI is InChI=1S/C15H20N2/c1-11(16)14-10-17(9-12-5-4-6-12)15-8-3-2-7-13(14)15/h2-3,7-8,10-12H,4-6,9,16H2,1H3. The highest BCUT2D eigenvalue weighted by molar-refractivity contribution is 5.84. The van der Waals surface area contributed by atoms with Crippen LogP contribution in [0.2, 0.25) is 0 Å². The van der Waals surface area contributed by atoms with E-state index in [-0.39, 0.29) is 6.04 Å². The van der Waals surface area contributed by atoms with Crippen molar-refractivity contribution in [2.45, 2.75) is 38.8 Å². The van der Waals surface area contributed by atoms with Crippen molar-refractivity contribution in [1.82, 2.24) is 4.57 Å². The van der Waals surface area contributed by atoms with Gasteiger partial charge in [-0.15, -0.1) is 0 Å². The van der Waals surface area contributed by atoms with Crippen molar-refractivity contribution in [2.24, 2.45) is 11.7 Å². The Morgan fingerprint density at radius 1 is 1.35 bits per heavy atom. The second-order valence-corrected chi connectivity index (χ2v) is 5.34. The number of benzene rings is 1. The zero-order valence-electron chi connectivity index (χ0n) is 10.4. The zero-order valence-corrected chi connectivity index (χ0v) is 10.4. The highest BCUT2D eigenvalue weighted by atomic mass is 15.0. The van der Waals surface area contributed by atoms with Crippen molar-refractivity contribution in [3.63, 3.8) is 0 Å². The highest BCUT2D eigenvalue weighted by Gasteiger charge is 2.19. The Kier molecular flexibility index (Phi) is 2.67. The summed E-state index contributed by atoms with van der Waals surface area (Å²) in [7, 11) is 0. The Hall–Kier alpha value is -1.28. The lowest BCUT2D eigenvalue weighted by molar-refractivity contribution is 0.279. The average Bonchev–Trinajstić information content (AvgIpc) is 2.63. The van der Waals surface area contributed by atoms with Crippen molar-refractivity contribution >= 4 is 10.9 Å². The van der Waals surface area contributed by atoms with Gasteiger partial charge in [0.15, 0.2) is 0 Å². The lowest BCUT2D eigenvalue weighted by Gasteiger charge is -2.26. The van der Waals surface area contributed by atoms with E-state index in [1.165, 1.54) is 35.7 Å². The molecule has 2 N–H and O–H groups in total. The molecule has 1 aliphatic rings. The van der Waals surface area contributed by atoms with Crippen LogP contribution < -0.4 is 5.73 Å². The normalized spacial score (nSPS) is 18.2. The van der Waals surface area contributed by atoms with Gasteiger partial charge in [-0.2, -0.15) is 0 Å². The summed E-state index contributed by atoms with van der Waals surface area (Å²) in [6, 6.07) is 8.72. The predicted molar refractivity (Wildman–Crippen MR) is 71.9 cm³/mol. The average molecular weight is 228 g/mol. The number of fused-ring (bicyclic) bond motifs is 1. The summed E-state index contributed by atoms with van der Waals surface area (Å²) in [6.45, 7) is 3.22. The quantitative estimate of drug-likeness (QED) is 0.857. The second kappa shape index (κ2) is 4.19. The minimum atomic E-state index is 0.113. The fraction of sp³-hybridized carbons (Fsp3) is 0.467. The number of aromatic nitrogens is 1. The van der Waals surface area contributed by atoms with Gasteiger partial charge in [-0.1, -0.05) is 24.6 Å². The van der Waals surface area contributed by atoms with E-state index in [4.69, 9.17) is 5.73 Å². The first-order valence-electron chi connectivity index (χ1n) is 6.59. The van der Waals surface area contributed by atoms with Crippen LogP contribution >= 0.6 is 0 Å². The van der Waals surface area contributed by atoms with E-state index in [2.05, 4.69) is 42.0 Å². The number of hydrogen-bond donors (Lipinski definition) is 1. The third-order valence-electron chi connectivity index (χ3n) is 3.99. The van der Waals surface area contributed by atoms with Crippen LogP contribution in [0.5, 0.6) is 0 Å². The summed E-state index contributed by atoms with van der Waals surface area (Å²) in [4.78, 5) is 0. The number of rotatable bonds is 3. The minimum absolute atomic E-state index is 0.113. The smallest absolute Gasteiger partial charge is 0.0483 e. The van der Waals surface area contributed by atoms with Crippen LogP contribution in [-0.4, -0.2) is 4.57 Å². The Morgan fingerprint density at radius 2 is 2.12 bits per heavy atom. The maximum Gasteiger partial charge on any atom is 0.0483 e. The van der Waals surface area contributed by atoms with E-state index in [9.17, 15) is 0 Å². The van der Waals surface area contributed by atoms with E-state index in [0.29, 0.717) is 0 Å². The first-order chi connectivity index (χ1) is 8.25. The van der Waals surface area contributed by atoms with Gasteiger partial charge in [-0.05, 0) is 37.3 Å². The van der Waals surface area contributed by atoms with Crippen molar-refractivity contribution < 1.29 is 0 Å². The van der Waals surface area contributed by atoms with Crippen molar-refractivity contribution in [3.8, 4) is 0 Å². The molecular formula is C15H20N2. The molecule has 0 bridgehead atoms. The highest BCUT2D eigenvalue weighted by Crippen LogP contribution is 2.31. The molecule has 2 aromatic rings. The molecule has 1 aromatic heterocycles. The van der Waals surface area contributed by atoms with E-state index in [1.807, 2.05) is 0 Å². The fourth-order valence-corrected chi connectivity index (χ4v) is 2.74. The molecule has 0 amide bonds. The van der Waals surface area contributed by atoms with E-state index in [0.717, 1.165) is 12.5 Å². The van der Waals surface area contributed by atoms with E-state index < -0.39 is 0 Å². The molecule has 3 rings (SSSR count). The van der Waals surface area contributed by atoms with E-state index >= 15 is 0 Å². The number of nitrogens with two attached hydrogens (primary N) is 1. The fourth-order valence-electron chi connectivity index (χ4n) is 2.74. The Balaban J connectivity index is 2.04. The van der Waals surface area contributed by atoms with Gasteiger partial charge in [-0.25, -0.2) is 0 Å². The summed E-state index contributed by atoms with van der Waals surface area (Å²) >= 11 is 0. The molecule has 1 unspecified atom stereocenters. The number of hydrogen-bond acceptors (Lipinski definition) is 1. The molecule has 1 saturated carbocycles. The van der Waals surface area contributed by atoms with Crippen molar-refractivity contribution in [2.75, 3.05) is 0 Å². The summed E-state index contributed by atoms with van der Waals surface area (Å²) in [6.07, 6.45) is 6.44. The largest absolute Gasteiger partial charge is 0.347 e. The molecular weight excluding hydrogens is 208 g/mol. The third kappa shape index (κ3) is 1.87. The van der Waals surface area contributed by atoms with Gasteiger partial charge in [0.2, 0.25) is 0 Å². The van der Waals surface area contributed by atoms with Crippen molar-refractivity contribution in [1.29, 1.82) is 0 Å². The lowest BCUT2D eigenvalue weighted by atomic mass is 9.85. The molecule has 1 heterocycles. The Bertz CT molecular complexity index is 521. The van der Waals surface area contributed by atoms with Gasteiger partial charge in [0.05, 0.1) is 0 Å². The zero-order chi connectivity index (χ0) is 11.8. The van der Waals surface area contributed by atoms with Crippen LogP contribution in [0.3, 0.4) is 0 Å². The number of nitrogens with zero attached hydrogens (tertiary/aromatic N) is 1. The van der Waals surface area contributed by atoms with Gasteiger partial charge in [0.1, 0.15) is 0 Å². The number of para-hydroxylation sites is 1. The molecule has 0 radical (unpaired) electrons. The maximum atomic E-state index is 6.06. The van der Waals surface area contributed by atoms with Gasteiger partial charge < -0.3 is 10.3 Å². The first kappa shape index (κ1) is 10.8. The maximum absolute atomic E-state index is 6.06. The topological polar surface area (TPSA) is 30.9 Å². The molecule has 2 heteroatoms. The van der Waals surface area contributed by atoms with Crippen LogP contribution in [0.15, 0.2) is 30.5 Å². The van der Waals surface area contributed by atoms with Gasteiger partial charge in [-0.3, -0.25) is 0 Å². The van der Waals surface area contributed by atoms with Crippen LogP contribution in [0, 0.1) is 5.92 Å². The molecule has 0 saturated heterocycles. The lowest BCUT2D eigenvalue weighted by Crippen LogP contribution is -2.17. The van der Waals surface area contributed by atoms with Crippen LogP contribution in [-0.2, 0) is 6.54 Å². The monoisotopic (exact) mass is 228 g/mol. The van der Waals surface area contributed by atoms with Crippen LogP contribution in [0.25, 0.3) is 10.9 Å². The van der Waals surface area contributed by atoms with Crippen molar-refractivity contribution in [3.05, 3.63) is 36.0 Å². The molecule has 1 fully saturated rings. The summed E-state index contributed by atoms with van der Waals surface area (Å²) in [5.74, 6) is 0.881. The molecule has 0 spiro atoms. The minimum Gasteiger partial charge on any atom is -0.347 e. The Labute approximate surface area is 102 Å². The second-order valence-electron chi connectivity index (χ2n) is 5.34. The summed E-state index contributed by atoms with van der Waals surface area (Å²) in [5.41, 5.74) is 8.67. The molecule has 0 aliphatic heterocycles. The van der Waals surface area contributed by atoms with Crippen LogP contribution in [0.1, 0.15) is 37.8 Å². The summed E-state index contributed by atoms with van der Waals surface area (Å²) < 4.78 is 2.40. The van der Waals surface area contributed by atoms with Crippen LogP contribution in [0.4, 0.5) is 0 Å². The third-order valence-corrected chi connectivity index (χ3v) is 3.99. The van der Waals surface area contributed by atoms with Gasteiger partial charge in [0, 0.05) is 29.7 Å². The molecule has 1 aromatic carbocycles. The molecule has 1 aliphatic carbocycles. The molecule has 2 nitrogen and oxygen atoms in total. The molecule has 90 valence electrons. The van der Waals surface area contributed by atoms with Gasteiger partial charge in [0.25, 0.3) is 0 Å².